The van der Waals surface area contributed by atoms with Crippen LogP contribution in [0.1, 0.15) is 17.7 Å². The molecule has 2 aliphatic rings. The minimum absolute atomic E-state index is 0.138. The Morgan fingerprint density at radius 1 is 1.37 bits per heavy atom. The Kier molecular flexibility index (Phi) is 7.70. The Morgan fingerprint density at radius 2 is 2.10 bits per heavy atom. The monoisotopic (exact) mass is 474 g/mol. The lowest BCUT2D eigenvalue weighted by Crippen LogP contribution is -2.53. The second kappa shape index (κ2) is 10.1. The van der Waals surface area contributed by atoms with Crippen molar-refractivity contribution >= 4 is 44.8 Å². The Morgan fingerprint density at radius 3 is 2.73 bits per heavy atom. The summed E-state index contributed by atoms with van der Waals surface area (Å²) in [4.78, 5) is 29.4. The number of carbonyl (C=O) groups is 2. The average molecular weight is 475 g/mol. The van der Waals surface area contributed by atoms with E-state index in [1.54, 1.807) is 17.0 Å². The lowest BCUT2D eigenvalue weighted by molar-refractivity contribution is -0.146. The Labute approximate surface area is 184 Å². The Balaban J connectivity index is 1.61. The molecule has 2 amide bonds. The van der Waals surface area contributed by atoms with Crippen LogP contribution in [-0.4, -0.2) is 80.7 Å². The minimum Gasteiger partial charge on any atom is -0.378 e. The number of morpholine rings is 1. The normalized spacial score (nSPS) is 20.9. The summed E-state index contributed by atoms with van der Waals surface area (Å²) in [6.07, 6.45) is 0.408. The SMILES string of the molecule is N#CC[C@@H](C(=O)N1CCOCC1)N1CC[C@H](NS(=O)(=O)CCc2ccc(Cl)s2)C1=O. The van der Waals surface area contributed by atoms with Gasteiger partial charge in [0.1, 0.15) is 12.1 Å². The number of nitrogens with zero attached hydrogens (tertiary/aromatic N) is 3. The van der Waals surface area contributed by atoms with Crippen molar-refractivity contribution in [3.05, 3.63) is 21.3 Å². The fraction of sp³-hybridized carbons (Fsp3) is 0.611. The molecule has 2 aliphatic heterocycles. The smallest absolute Gasteiger partial charge is 0.246 e. The van der Waals surface area contributed by atoms with Crippen molar-refractivity contribution in [1.82, 2.24) is 14.5 Å². The van der Waals surface area contributed by atoms with E-state index in [0.717, 1.165) is 4.88 Å². The van der Waals surface area contributed by atoms with E-state index in [-0.39, 0.29) is 31.0 Å². The van der Waals surface area contributed by atoms with Gasteiger partial charge in [-0.05, 0) is 25.0 Å². The highest BCUT2D eigenvalue weighted by atomic mass is 35.5. The van der Waals surface area contributed by atoms with E-state index >= 15 is 0 Å². The number of halogens is 1. The lowest BCUT2D eigenvalue weighted by atomic mass is 10.1. The zero-order valence-corrected chi connectivity index (χ0v) is 18.6. The second-order valence-corrected chi connectivity index (χ2v) is 10.8. The first-order valence-electron chi connectivity index (χ1n) is 9.59. The molecule has 0 bridgehead atoms. The van der Waals surface area contributed by atoms with E-state index in [9.17, 15) is 18.0 Å². The maximum Gasteiger partial charge on any atom is 0.246 e. The number of hydrogen-bond donors (Lipinski definition) is 1. The standard InChI is InChI=1S/C18H23ClN4O5S2/c19-16-2-1-13(29-16)5-12-30(26,27)21-14-4-7-23(17(14)24)15(3-6-20)18(25)22-8-10-28-11-9-22/h1-2,14-15,21H,3-5,7-12H2/t14-,15-/m0/s1. The van der Waals surface area contributed by atoms with Gasteiger partial charge in [0.25, 0.3) is 0 Å². The van der Waals surface area contributed by atoms with E-state index in [1.807, 2.05) is 6.07 Å². The third kappa shape index (κ3) is 5.70. The molecule has 0 radical (unpaired) electrons. The van der Waals surface area contributed by atoms with E-state index in [1.165, 1.54) is 16.2 Å². The summed E-state index contributed by atoms with van der Waals surface area (Å²) in [5.74, 6) is -0.937. The zero-order chi connectivity index (χ0) is 21.7. The fourth-order valence-corrected chi connectivity index (χ4v) is 6.00. The molecule has 0 aromatic carbocycles. The first-order chi connectivity index (χ1) is 14.3. The van der Waals surface area contributed by atoms with Gasteiger partial charge < -0.3 is 14.5 Å². The fourth-order valence-electron chi connectivity index (χ4n) is 3.53. The summed E-state index contributed by atoms with van der Waals surface area (Å²) in [6, 6.07) is 3.61. The van der Waals surface area contributed by atoms with Crippen molar-refractivity contribution in [2.75, 3.05) is 38.6 Å². The molecule has 2 atom stereocenters. The van der Waals surface area contributed by atoms with Crippen LogP contribution in [0.2, 0.25) is 4.34 Å². The van der Waals surface area contributed by atoms with Crippen LogP contribution in [0.25, 0.3) is 0 Å². The first-order valence-corrected chi connectivity index (χ1v) is 12.4. The minimum atomic E-state index is -3.70. The molecule has 30 heavy (non-hydrogen) atoms. The maximum absolute atomic E-state index is 12.9. The van der Waals surface area contributed by atoms with Gasteiger partial charge in [0.05, 0.1) is 35.8 Å². The van der Waals surface area contributed by atoms with Gasteiger partial charge in [-0.1, -0.05) is 11.6 Å². The van der Waals surface area contributed by atoms with Crippen LogP contribution in [0.4, 0.5) is 0 Å². The lowest BCUT2D eigenvalue weighted by Gasteiger charge is -2.33. The predicted octanol–water partition coefficient (Wildman–Crippen LogP) is 0.605. The summed E-state index contributed by atoms with van der Waals surface area (Å²) < 4.78 is 33.2. The van der Waals surface area contributed by atoms with Crippen molar-refractivity contribution in [3.63, 3.8) is 0 Å². The van der Waals surface area contributed by atoms with Crippen molar-refractivity contribution in [2.45, 2.75) is 31.3 Å². The molecule has 0 unspecified atom stereocenters. The zero-order valence-electron chi connectivity index (χ0n) is 16.3. The highest BCUT2D eigenvalue weighted by Crippen LogP contribution is 2.23. The van der Waals surface area contributed by atoms with E-state index in [4.69, 9.17) is 21.6 Å². The molecule has 1 aromatic heterocycles. The van der Waals surface area contributed by atoms with Crippen molar-refractivity contribution < 1.29 is 22.7 Å². The molecule has 164 valence electrons. The molecule has 3 rings (SSSR count). The number of nitrogens with one attached hydrogen (secondary N) is 1. The molecule has 1 aromatic rings. The van der Waals surface area contributed by atoms with Crippen LogP contribution in [0.5, 0.6) is 0 Å². The molecule has 1 N–H and O–H groups in total. The summed E-state index contributed by atoms with van der Waals surface area (Å²) in [5.41, 5.74) is 0. The number of thiophene rings is 1. The molecule has 0 saturated carbocycles. The van der Waals surface area contributed by atoms with Crippen LogP contribution in [0.3, 0.4) is 0 Å². The average Bonchev–Trinajstić information content (AvgIpc) is 3.30. The van der Waals surface area contributed by atoms with Gasteiger partial charge >= 0.3 is 0 Å². The maximum atomic E-state index is 12.9. The van der Waals surface area contributed by atoms with Gasteiger partial charge in [0.15, 0.2) is 0 Å². The van der Waals surface area contributed by atoms with Crippen molar-refractivity contribution in [3.8, 4) is 6.07 Å². The third-order valence-corrected chi connectivity index (χ3v) is 7.75. The summed E-state index contributed by atoms with van der Waals surface area (Å²) in [5, 5.41) is 9.16. The molecular formula is C18H23ClN4O5S2. The molecule has 2 saturated heterocycles. The number of likely N-dealkylation sites (tertiary alicyclic amines) is 1. The molecular weight excluding hydrogens is 452 g/mol. The molecule has 0 aliphatic carbocycles. The van der Waals surface area contributed by atoms with Crippen LogP contribution in [0.15, 0.2) is 12.1 Å². The summed E-state index contributed by atoms with van der Waals surface area (Å²) in [6.45, 7) is 1.86. The van der Waals surface area contributed by atoms with Crippen LogP contribution < -0.4 is 4.72 Å². The number of hydrogen-bond acceptors (Lipinski definition) is 7. The van der Waals surface area contributed by atoms with Gasteiger partial charge in [0.2, 0.25) is 21.8 Å². The van der Waals surface area contributed by atoms with Crippen LogP contribution in [-0.2, 0) is 30.8 Å². The summed E-state index contributed by atoms with van der Waals surface area (Å²) >= 11 is 7.18. The van der Waals surface area contributed by atoms with E-state index in [0.29, 0.717) is 37.1 Å². The number of rotatable bonds is 8. The predicted molar refractivity (Wildman–Crippen MR) is 111 cm³/mol. The number of ether oxygens (including phenoxy) is 1. The number of sulfonamides is 1. The topological polar surface area (TPSA) is 120 Å². The van der Waals surface area contributed by atoms with Crippen LogP contribution in [0, 0.1) is 11.3 Å². The molecule has 3 heterocycles. The van der Waals surface area contributed by atoms with Gasteiger partial charge in [-0.2, -0.15) is 5.26 Å². The van der Waals surface area contributed by atoms with Crippen LogP contribution >= 0.6 is 22.9 Å². The Bertz CT molecular complexity index is 923. The molecule has 9 nitrogen and oxygen atoms in total. The highest BCUT2D eigenvalue weighted by molar-refractivity contribution is 7.89. The second-order valence-electron chi connectivity index (χ2n) is 7.08. The van der Waals surface area contributed by atoms with Gasteiger partial charge in [-0.3, -0.25) is 9.59 Å². The number of nitriles is 1. The van der Waals surface area contributed by atoms with Gasteiger partial charge in [0, 0.05) is 24.5 Å². The van der Waals surface area contributed by atoms with E-state index < -0.39 is 28.0 Å². The third-order valence-electron chi connectivity index (χ3n) is 5.08. The molecule has 0 spiro atoms. The van der Waals surface area contributed by atoms with Gasteiger partial charge in [-0.25, -0.2) is 13.1 Å². The largest absolute Gasteiger partial charge is 0.378 e. The van der Waals surface area contributed by atoms with Gasteiger partial charge in [-0.15, -0.1) is 11.3 Å². The number of aryl methyl sites for hydroxylation is 1. The Hall–Kier alpha value is -1.71. The number of amides is 2. The summed E-state index contributed by atoms with van der Waals surface area (Å²) in [7, 11) is -3.70. The number of carbonyl (C=O) groups excluding carboxylic acids is 2. The van der Waals surface area contributed by atoms with Crippen molar-refractivity contribution in [1.29, 1.82) is 5.26 Å². The molecule has 12 heteroatoms. The van der Waals surface area contributed by atoms with Crippen molar-refractivity contribution in [2.24, 2.45) is 0 Å². The highest BCUT2D eigenvalue weighted by Gasteiger charge is 2.41. The van der Waals surface area contributed by atoms with E-state index in [2.05, 4.69) is 4.72 Å². The first kappa shape index (κ1) is 23.0. The molecule has 2 fully saturated rings. The quantitative estimate of drug-likeness (QED) is 0.589.